The number of imidazole rings is 1. The number of nitrogens with zero attached hydrogens (tertiary/aromatic N) is 2. The Morgan fingerprint density at radius 2 is 2.12 bits per heavy atom. The highest BCUT2D eigenvalue weighted by Crippen LogP contribution is 2.26. The van der Waals surface area contributed by atoms with Crippen LogP contribution in [0.1, 0.15) is 44.1 Å². The lowest BCUT2D eigenvalue weighted by molar-refractivity contribution is 0.253. The number of hydrogen-bond donors (Lipinski definition) is 2. The van der Waals surface area contributed by atoms with E-state index in [2.05, 4.69) is 21.9 Å². The van der Waals surface area contributed by atoms with E-state index < -0.39 is 0 Å². The fourth-order valence-corrected chi connectivity index (χ4v) is 2.43. The monoisotopic (exact) mass is 236 g/mol. The summed E-state index contributed by atoms with van der Waals surface area (Å²) in [6.45, 7) is 6.43. The molecule has 0 atom stereocenters. The van der Waals surface area contributed by atoms with Gasteiger partial charge in [-0.2, -0.15) is 0 Å². The van der Waals surface area contributed by atoms with Crippen LogP contribution in [0.4, 0.5) is 0 Å². The Morgan fingerprint density at radius 3 is 2.71 bits per heavy atom. The van der Waals surface area contributed by atoms with Gasteiger partial charge in [-0.3, -0.25) is 0 Å². The standard InChI is InChI=1S/C13H24N4/c1-13(2,14)8-12-15-9-11(16-12)10-4-6-17(3)7-5-10/h9-10H,4-8,14H2,1-3H3,(H,15,16). The van der Waals surface area contributed by atoms with Crippen LogP contribution in [0.5, 0.6) is 0 Å². The summed E-state index contributed by atoms with van der Waals surface area (Å²) in [6.07, 6.45) is 5.25. The second-order valence-corrected chi connectivity index (χ2v) is 6.03. The van der Waals surface area contributed by atoms with Gasteiger partial charge in [0.05, 0.1) is 0 Å². The molecule has 4 heteroatoms. The first-order valence-corrected chi connectivity index (χ1v) is 6.45. The maximum Gasteiger partial charge on any atom is 0.108 e. The third-order valence-electron chi connectivity index (χ3n) is 3.43. The number of rotatable bonds is 3. The second-order valence-electron chi connectivity index (χ2n) is 6.03. The number of piperidine rings is 1. The summed E-state index contributed by atoms with van der Waals surface area (Å²) in [6, 6.07) is 0. The summed E-state index contributed by atoms with van der Waals surface area (Å²) >= 11 is 0. The van der Waals surface area contributed by atoms with Gasteiger partial charge in [0.1, 0.15) is 5.82 Å². The molecule has 0 radical (unpaired) electrons. The normalized spacial score (nSPS) is 19.8. The number of nitrogens with two attached hydrogens (primary N) is 1. The highest BCUT2D eigenvalue weighted by Gasteiger charge is 2.21. The molecule has 0 unspecified atom stereocenters. The van der Waals surface area contributed by atoms with Crippen LogP contribution in [0.3, 0.4) is 0 Å². The number of aromatic amines is 1. The third kappa shape index (κ3) is 3.54. The van der Waals surface area contributed by atoms with Gasteiger partial charge in [-0.05, 0) is 46.8 Å². The van der Waals surface area contributed by atoms with Gasteiger partial charge in [-0.15, -0.1) is 0 Å². The Labute approximate surface area is 104 Å². The van der Waals surface area contributed by atoms with Crippen molar-refractivity contribution in [3.63, 3.8) is 0 Å². The van der Waals surface area contributed by atoms with Crippen molar-refractivity contribution in [2.45, 2.75) is 44.6 Å². The predicted molar refractivity (Wildman–Crippen MR) is 70.0 cm³/mol. The molecule has 2 heterocycles. The van der Waals surface area contributed by atoms with Gasteiger partial charge >= 0.3 is 0 Å². The van der Waals surface area contributed by atoms with E-state index in [1.54, 1.807) is 0 Å². The molecule has 0 amide bonds. The van der Waals surface area contributed by atoms with Crippen LogP contribution < -0.4 is 5.73 Å². The van der Waals surface area contributed by atoms with Gasteiger partial charge < -0.3 is 15.6 Å². The molecule has 1 fully saturated rings. The molecular formula is C13H24N4. The summed E-state index contributed by atoms with van der Waals surface area (Å²) in [7, 11) is 2.19. The van der Waals surface area contributed by atoms with Gasteiger partial charge in [0.15, 0.2) is 0 Å². The molecule has 3 N–H and O–H groups in total. The Bertz CT molecular complexity index is 356. The maximum atomic E-state index is 6.01. The van der Waals surface area contributed by atoms with Crippen molar-refractivity contribution in [3.05, 3.63) is 17.7 Å². The minimum absolute atomic E-state index is 0.193. The highest BCUT2D eigenvalue weighted by molar-refractivity contribution is 5.10. The quantitative estimate of drug-likeness (QED) is 0.836. The minimum Gasteiger partial charge on any atom is -0.346 e. The van der Waals surface area contributed by atoms with E-state index in [4.69, 9.17) is 5.73 Å². The summed E-state index contributed by atoms with van der Waals surface area (Å²) in [4.78, 5) is 10.3. The molecule has 0 aromatic carbocycles. The fraction of sp³-hybridized carbons (Fsp3) is 0.769. The topological polar surface area (TPSA) is 57.9 Å². The zero-order valence-electron chi connectivity index (χ0n) is 11.2. The molecule has 0 spiro atoms. The second kappa shape index (κ2) is 4.78. The average molecular weight is 236 g/mol. The highest BCUT2D eigenvalue weighted by atomic mass is 15.1. The van der Waals surface area contributed by atoms with E-state index in [1.807, 2.05) is 20.0 Å². The summed E-state index contributed by atoms with van der Waals surface area (Å²) in [5.41, 5.74) is 7.10. The molecule has 1 aliphatic heterocycles. The van der Waals surface area contributed by atoms with E-state index in [1.165, 1.54) is 31.6 Å². The van der Waals surface area contributed by atoms with Gasteiger partial charge in [0, 0.05) is 29.8 Å². The first-order chi connectivity index (χ1) is 7.94. The van der Waals surface area contributed by atoms with Crippen LogP contribution in [0, 0.1) is 0 Å². The number of aromatic nitrogens is 2. The van der Waals surface area contributed by atoms with Crippen molar-refractivity contribution in [1.82, 2.24) is 14.9 Å². The van der Waals surface area contributed by atoms with Crippen molar-refractivity contribution in [1.29, 1.82) is 0 Å². The Hall–Kier alpha value is -0.870. The molecule has 0 saturated carbocycles. The van der Waals surface area contributed by atoms with Crippen molar-refractivity contribution >= 4 is 0 Å². The number of H-pyrrole nitrogens is 1. The predicted octanol–water partition coefficient (Wildman–Crippen LogP) is 1.50. The molecule has 2 rings (SSSR count). The van der Waals surface area contributed by atoms with Crippen LogP contribution in [-0.4, -0.2) is 40.5 Å². The van der Waals surface area contributed by atoms with Gasteiger partial charge in [0.2, 0.25) is 0 Å². The summed E-state index contributed by atoms with van der Waals surface area (Å²) in [5.74, 6) is 1.67. The van der Waals surface area contributed by atoms with Crippen molar-refractivity contribution in [2.24, 2.45) is 5.73 Å². The van der Waals surface area contributed by atoms with Gasteiger partial charge in [0.25, 0.3) is 0 Å². The number of likely N-dealkylation sites (tertiary alicyclic amines) is 1. The lowest BCUT2D eigenvalue weighted by Gasteiger charge is -2.28. The first-order valence-electron chi connectivity index (χ1n) is 6.45. The SMILES string of the molecule is CN1CCC(c2cnc(CC(C)(C)N)[nH]2)CC1. The zero-order chi connectivity index (χ0) is 12.5. The van der Waals surface area contributed by atoms with Crippen LogP contribution in [0.2, 0.25) is 0 Å². The number of hydrogen-bond acceptors (Lipinski definition) is 3. The Balaban J connectivity index is 1.98. The molecule has 1 aromatic rings. The minimum atomic E-state index is -0.193. The van der Waals surface area contributed by atoms with E-state index in [0.29, 0.717) is 5.92 Å². The molecule has 1 aliphatic rings. The van der Waals surface area contributed by atoms with Crippen molar-refractivity contribution in [2.75, 3.05) is 20.1 Å². The van der Waals surface area contributed by atoms with E-state index in [9.17, 15) is 0 Å². The van der Waals surface area contributed by atoms with E-state index in [0.717, 1.165) is 12.2 Å². The summed E-state index contributed by atoms with van der Waals surface area (Å²) < 4.78 is 0. The maximum absolute atomic E-state index is 6.01. The molecule has 1 saturated heterocycles. The van der Waals surface area contributed by atoms with Gasteiger partial charge in [-0.1, -0.05) is 0 Å². The Morgan fingerprint density at radius 1 is 1.47 bits per heavy atom. The zero-order valence-corrected chi connectivity index (χ0v) is 11.2. The van der Waals surface area contributed by atoms with Gasteiger partial charge in [-0.25, -0.2) is 4.98 Å². The van der Waals surface area contributed by atoms with E-state index >= 15 is 0 Å². The molecule has 96 valence electrons. The van der Waals surface area contributed by atoms with Crippen molar-refractivity contribution in [3.8, 4) is 0 Å². The third-order valence-corrected chi connectivity index (χ3v) is 3.43. The largest absolute Gasteiger partial charge is 0.346 e. The van der Waals surface area contributed by atoms with Crippen LogP contribution >= 0.6 is 0 Å². The summed E-state index contributed by atoms with van der Waals surface area (Å²) in [5, 5.41) is 0. The van der Waals surface area contributed by atoms with Crippen LogP contribution in [0.25, 0.3) is 0 Å². The van der Waals surface area contributed by atoms with Crippen LogP contribution in [-0.2, 0) is 6.42 Å². The van der Waals surface area contributed by atoms with Crippen molar-refractivity contribution < 1.29 is 0 Å². The fourth-order valence-electron chi connectivity index (χ4n) is 2.43. The smallest absolute Gasteiger partial charge is 0.108 e. The van der Waals surface area contributed by atoms with Crippen LogP contribution in [0.15, 0.2) is 6.20 Å². The molecule has 0 bridgehead atoms. The molecular weight excluding hydrogens is 212 g/mol. The lowest BCUT2D eigenvalue weighted by atomic mass is 9.94. The van der Waals surface area contributed by atoms with E-state index in [-0.39, 0.29) is 5.54 Å². The first kappa shape index (κ1) is 12.6. The lowest BCUT2D eigenvalue weighted by Crippen LogP contribution is -2.34. The Kier molecular flexibility index (Phi) is 3.54. The number of nitrogens with one attached hydrogen (secondary N) is 1. The average Bonchev–Trinajstić information content (AvgIpc) is 2.64. The molecule has 4 nitrogen and oxygen atoms in total. The molecule has 0 aliphatic carbocycles. The molecule has 1 aromatic heterocycles. The molecule has 17 heavy (non-hydrogen) atoms.